The minimum atomic E-state index is -0.271. The zero-order valence-corrected chi connectivity index (χ0v) is 15.1. The Bertz CT molecular complexity index is 1070. The van der Waals surface area contributed by atoms with Gasteiger partial charge in [0.25, 0.3) is 5.91 Å². The fourth-order valence-corrected chi connectivity index (χ4v) is 3.57. The molecule has 1 aliphatic heterocycles. The Kier molecular flexibility index (Phi) is 3.92. The first kappa shape index (κ1) is 16.3. The molecule has 1 amide bonds. The van der Waals surface area contributed by atoms with Gasteiger partial charge in [0.15, 0.2) is 0 Å². The minimum absolute atomic E-state index is 0.271. The van der Waals surface area contributed by atoms with Gasteiger partial charge < -0.3 is 14.0 Å². The van der Waals surface area contributed by atoms with Gasteiger partial charge in [0.05, 0.1) is 41.8 Å². The third-order valence-corrected chi connectivity index (χ3v) is 4.85. The smallest absolute Gasteiger partial charge is 0.273 e. The number of aryl methyl sites for hydroxylation is 1. The molecule has 0 saturated heterocycles. The molecule has 0 spiro atoms. The van der Waals surface area contributed by atoms with Crippen molar-refractivity contribution in [3.8, 4) is 11.5 Å². The summed E-state index contributed by atoms with van der Waals surface area (Å²) < 4.78 is 16.8. The van der Waals surface area contributed by atoms with Gasteiger partial charge in [0, 0.05) is 18.8 Å². The molecule has 0 bridgehead atoms. The minimum Gasteiger partial charge on any atom is -0.496 e. The quantitative estimate of drug-likeness (QED) is 0.710. The maximum absolute atomic E-state index is 12.3. The van der Waals surface area contributed by atoms with Crippen molar-refractivity contribution in [3.05, 3.63) is 40.5 Å². The lowest BCUT2D eigenvalue weighted by molar-refractivity contribution is -0.116. The van der Waals surface area contributed by atoms with Crippen LogP contribution < -0.4 is 14.9 Å². The number of aromatic nitrogens is 3. The first-order valence-corrected chi connectivity index (χ1v) is 8.49. The SMILES string of the molecule is COc1ccc(OC)c2c1c(/C=C1\C(=O)NN=C1c1cnns1)cn2C. The van der Waals surface area contributed by atoms with E-state index in [0.29, 0.717) is 17.0 Å². The van der Waals surface area contributed by atoms with Crippen molar-refractivity contribution in [2.75, 3.05) is 14.2 Å². The highest BCUT2D eigenvalue weighted by Gasteiger charge is 2.26. The van der Waals surface area contributed by atoms with Gasteiger partial charge in [-0.25, -0.2) is 5.43 Å². The highest BCUT2D eigenvalue weighted by atomic mass is 32.1. The lowest BCUT2D eigenvalue weighted by Gasteiger charge is -2.08. The topological polar surface area (TPSA) is 90.6 Å². The molecule has 0 radical (unpaired) electrons. The predicted octanol–water partition coefficient (Wildman–Crippen LogP) is 1.96. The number of hydrogen-bond donors (Lipinski definition) is 1. The van der Waals surface area contributed by atoms with Crippen LogP contribution in [0.25, 0.3) is 17.0 Å². The van der Waals surface area contributed by atoms with Crippen LogP contribution in [0.3, 0.4) is 0 Å². The number of hydrazone groups is 1. The van der Waals surface area contributed by atoms with Crippen LogP contribution >= 0.6 is 11.5 Å². The van der Waals surface area contributed by atoms with E-state index >= 15 is 0 Å². The number of amides is 1. The molecule has 4 rings (SSSR count). The van der Waals surface area contributed by atoms with E-state index in [-0.39, 0.29) is 5.91 Å². The molecule has 1 aromatic carbocycles. The van der Waals surface area contributed by atoms with E-state index in [1.807, 2.05) is 29.9 Å². The Hall–Kier alpha value is -3.20. The molecule has 1 aliphatic rings. The number of carbonyl (C=O) groups excluding carboxylic acids is 1. The number of benzene rings is 1. The summed E-state index contributed by atoms with van der Waals surface area (Å²) in [5, 5.41) is 8.80. The molecule has 132 valence electrons. The Labute approximate surface area is 152 Å². The van der Waals surface area contributed by atoms with Gasteiger partial charge in [-0.3, -0.25) is 4.79 Å². The van der Waals surface area contributed by atoms with Crippen molar-refractivity contribution >= 4 is 40.1 Å². The van der Waals surface area contributed by atoms with Gasteiger partial charge in [-0.15, -0.1) is 5.10 Å². The third-order valence-electron chi connectivity index (χ3n) is 4.18. The molecule has 8 nitrogen and oxygen atoms in total. The van der Waals surface area contributed by atoms with Gasteiger partial charge in [0.2, 0.25) is 0 Å². The fourth-order valence-electron chi connectivity index (χ4n) is 3.05. The first-order valence-electron chi connectivity index (χ1n) is 7.72. The molecule has 9 heteroatoms. The zero-order valence-electron chi connectivity index (χ0n) is 14.3. The molecular weight excluding hydrogens is 354 g/mol. The third kappa shape index (κ3) is 2.44. The highest BCUT2D eigenvalue weighted by Crippen LogP contribution is 2.37. The first-order chi connectivity index (χ1) is 12.6. The lowest BCUT2D eigenvalue weighted by atomic mass is 10.0. The number of nitrogens with one attached hydrogen (secondary N) is 1. The van der Waals surface area contributed by atoms with Gasteiger partial charge in [-0.2, -0.15) is 5.10 Å². The summed E-state index contributed by atoms with van der Waals surface area (Å²) in [5.41, 5.74) is 5.20. The molecule has 3 heterocycles. The van der Waals surface area contributed by atoms with Crippen LogP contribution in [0.15, 0.2) is 35.2 Å². The number of carbonyl (C=O) groups is 1. The predicted molar refractivity (Wildman–Crippen MR) is 98.6 cm³/mol. The summed E-state index contributed by atoms with van der Waals surface area (Å²) in [6.07, 6.45) is 5.31. The summed E-state index contributed by atoms with van der Waals surface area (Å²) >= 11 is 1.18. The monoisotopic (exact) mass is 369 g/mol. The number of ether oxygens (including phenoxy) is 2. The Balaban J connectivity index is 1.93. The summed E-state index contributed by atoms with van der Waals surface area (Å²) in [4.78, 5) is 13.0. The number of nitrogens with zero attached hydrogens (tertiary/aromatic N) is 4. The van der Waals surface area contributed by atoms with Gasteiger partial charge in [0.1, 0.15) is 17.2 Å². The van der Waals surface area contributed by atoms with Crippen molar-refractivity contribution in [1.29, 1.82) is 0 Å². The summed E-state index contributed by atoms with van der Waals surface area (Å²) in [6.45, 7) is 0. The van der Waals surface area contributed by atoms with E-state index < -0.39 is 0 Å². The van der Waals surface area contributed by atoms with Crippen molar-refractivity contribution in [2.24, 2.45) is 12.1 Å². The van der Waals surface area contributed by atoms with Crippen LogP contribution in [0.5, 0.6) is 11.5 Å². The van der Waals surface area contributed by atoms with Crippen molar-refractivity contribution < 1.29 is 14.3 Å². The molecule has 0 unspecified atom stereocenters. The van der Waals surface area contributed by atoms with E-state index in [1.54, 1.807) is 26.5 Å². The Morgan fingerprint density at radius 1 is 1.23 bits per heavy atom. The molecule has 26 heavy (non-hydrogen) atoms. The summed E-state index contributed by atoms with van der Waals surface area (Å²) in [6, 6.07) is 3.70. The van der Waals surface area contributed by atoms with E-state index in [9.17, 15) is 4.79 Å². The average molecular weight is 369 g/mol. The van der Waals surface area contributed by atoms with Crippen LogP contribution in [-0.2, 0) is 11.8 Å². The van der Waals surface area contributed by atoms with Crippen molar-refractivity contribution in [1.82, 2.24) is 19.6 Å². The van der Waals surface area contributed by atoms with E-state index in [4.69, 9.17) is 9.47 Å². The highest BCUT2D eigenvalue weighted by molar-refractivity contribution is 7.08. The molecule has 3 aromatic rings. The van der Waals surface area contributed by atoms with Gasteiger partial charge in [-0.05, 0) is 29.7 Å². The maximum atomic E-state index is 12.3. The van der Waals surface area contributed by atoms with E-state index in [1.165, 1.54) is 11.5 Å². The largest absolute Gasteiger partial charge is 0.496 e. The van der Waals surface area contributed by atoms with Crippen molar-refractivity contribution in [2.45, 2.75) is 0 Å². The number of hydrogen-bond acceptors (Lipinski definition) is 7. The Morgan fingerprint density at radius 2 is 2.00 bits per heavy atom. The summed E-state index contributed by atoms with van der Waals surface area (Å²) in [7, 11) is 5.16. The van der Waals surface area contributed by atoms with Gasteiger partial charge in [-0.1, -0.05) is 4.49 Å². The second-order valence-electron chi connectivity index (χ2n) is 5.63. The normalized spacial score (nSPS) is 15.4. The van der Waals surface area contributed by atoms with Crippen LogP contribution in [0, 0.1) is 0 Å². The van der Waals surface area contributed by atoms with Crippen LogP contribution in [0.1, 0.15) is 10.4 Å². The zero-order chi connectivity index (χ0) is 18.3. The number of methoxy groups -OCH3 is 2. The molecule has 0 aliphatic carbocycles. The molecule has 1 N–H and O–H groups in total. The maximum Gasteiger partial charge on any atom is 0.273 e. The molecule has 0 atom stereocenters. The molecule has 2 aromatic heterocycles. The van der Waals surface area contributed by atoms with Crippen LogP contribution in [-0.4, -0.2) is 40.0 Å². The van der Waals surface area contributed by atoms with E-state index in [0.717, 1.165) is 27.1 Å². The second-order valence-corrected chi connectivity index (χ2v) is 6.42. The van der Waals surface area contributed by atoms with Crippen LogP contribution in [0.2, 0.25) is 0 Å². The Morgan fingerprint density at radius 3 is 2.69 bits per heavy atom. The summed E-state index contributed by atoms with van der Waals surface area (Å²) in [5.74, 6) is 1.15. The van der Waals surface area contributed by atoms with Crippen molar-refractivity contribution in [3.63, 3.8) is 0 Å². The molecular formula is C17H15N5O3S. The average Bonchev–Trinajstić information content (AvgIpc) is 3.36. The second kappa shape index (κ2) is 6.26. The lowest BCUT2D eigenvalue weighted by Crippen LogP contribution is -2.13. The van der Waals surface area contributed by atoms with Crippen LogP contribution in [0.4, 0.5) is 0 Å². The number of fused-ring (bicyclic) bond motifs is 1. The standard InChI is InChI=1S/C17H15N5O3S/c1-22-8-9(14-11(24-2)4-5-12(25-3)16(14)22)6-10-15(19-20-17(10)23)13-7-18-21-26-13/h4-8H,1-3H3,(H,20,23)/b10-6-. The number of rotatable bonds is 4. The van der Waals surface area contributed by atoms with E-state index in [2.05, 4.69) is 20.1 Å². The molecule has 0 fully saturated rings. The molecule has 0 saturated carbocycles. The van der Waals surface area contributed by atoms with Gasteiger partial charge >= 0.3 is 0 Å². The fraction of sp³-hybridized carbons (Fsp3) is 0.176.